The molecule has 1 saturated heterocycles. The van der Waals surface area contributed by atoms with Crippen LogP contribution in [0.4, 0.5) is 0 Å². The predicted molar refractivity (Wildman–Crippen MR) is 54.8 cm³/mol. The summed E-state index contributed by atoms with van der Waals surface area (Å²) in [5.41, 5.74) is 5.70. The normalized spacial score (nSPS) is 22.6. The highest BCUT2D eigenvalue weighted by molar-refractivity contribution is 4.62. The van der Waals surface area contributed by atoms with Gasteiger partial charge in [0.1, 0.15) is 0 Å². The maximum atomic E-state index is 5.70. The standard InChI is InChI=1S/C10H22N2O/c1-10(11)4-2-5-12-6-3-8-13-9-7-12/h10H,2-9,11H2,1H3. The zero-order chi connectivity index (χ0) is 9.52. The van der Waals surface area contributed by atoms with Crippen molar-refractivity contribution in [2.45, 2.75) is 32.2 Å². The van der Waals surface area contributed by atoms with Crippen LogP contribution in [0.1, 0.15) is 26.2 Å². The molecule has 0 spiro atoms. The maximum absolute atomic E-state index is 5.70. The molecule has 3 nitrogen and oxygen atoms in total. The van der Waals surface area contributed by atoms with Crippen molar-refractivity contribution in [1.29, 1.82) is 0 Å². The summed E-state index contributed by atoms with van der Waals surface area (Å²) in [5.74, 6) is 0. The third-order valence-electron chi connectivity index (χ3n) is 2.45. The van der Waals surface area contributed by atoms with Gasteiger partial charge in [-0.15, -0.1) is 0 Å². The molecule has 0 amide bonds. The van der Waals surface area contributed by atoms with E-state index in [1.54, 1.807) is 0 Å². The number of hydrogen-bond acceptors (Lipinski definition) is 3. The topological polar surface area (TPSA) is 38.5 Å². The SMILES string of the molecule is CC(N)CCCN1CCCOCC1. The molecule has 1 unspecified atom stereocenters. The highest BCUT2D eigenvalue weighted by Crippen LogP contribution is 2.02. The first-order valence-electron chi connectivity index (χ1n) is 5.34. The fourth-order valence-corrected chi connectivity index (χ4v) is 1.66. The fourth-order valence-electron chi connectivity index (χ4n) is 1.66. The molecule has 0 bridgehead atoms. The zero-order valence-corrected chi connectivity index (χ0v) is 8.67. The number of ether oxygens (including phenoxy) is 1. The van der Waals surface area contributed by atoms with Crippen molar-refractivity contribution in [3.05, 3.63) is 0 Å². The highest BCUT2D eigenvalue weighted by Gasteiger charge is 2.08. The Morgan fingerprint density at radius 3 is 3.00 bits per heavy atom. The first-order chi connectivity index (χ1) is 6.29. The molecule has 2 N–H and O–H groups in total. The summed E-state index contributed by atoms with van der Waals surface area (Å²) in [4.78, 5) is 2.48. The van der Waals surface area contributed by atoms with Crippen LogP contribution in [0.3, 0.4) is 0 Å². The minimum absolute atomic E-state index is 0.350. The van der Waals surface area contributed by atoms with Gasteiger partial charge in [-0.2, -0.15) is 0 Å². The van der Waals surface area contributed by atoms with E-state index >= 15 is 0 Å². The fraction of sp³-hybridized carbons (Fsp3) is 1.00. The molecule has 1 atom stereocenters. The van der Waals surface area contributed by atoms with E-state index < -0.39 is 0 Å². The Morgan fingerprint density at radius 1 is 1.38 bits per heavy atom. The van der Waals surface area contributed by atoms with Crippen molar-refractivity contribution in [1.82, 2.24) is 4.90 Å². The molecule has 0 aromatic rings. The molecule has 0 aliphatic carbocycles. The van der Waals surface area contributed by atoms with Crippen molar-refractivity contribution in [3.63, 3.8) is 0 Å². The molecule has 0 aromatic heterocycles. The molecule has 0 aromatic carbocycles. The molecule has 1 rings (SSSR count). The number of rotatable bonds is 4. The lowest BCUT2D eigenvalue weighted by molar-refractivity contribution is 0.141. The van der Waals surface area contributed by atoms with Gasteiger partial charge < -0.3 is 15.4 Å². The second-order valence-electron chi connectivity index (χ2n) is 3.93. The van der Waals surface area contributed by atoms with E-state index in [1.165, 1.54) is 25.9 Å². The van der Waals surface area contributed by atoms with Crippen molar-refractivity contribution in [2.75, 3.05) is 32.8 Å². The van der Waals surface area contributed by atoms with E-state index in [9.17, 15) is 0 Å². The minimum Gasteiger partial charge on any atom is -0.380 e. The average Bonchev–Trinajstić information content (AvgIpc) is 2.32. The van der Waals surface area contributed by atoms with Gasteiger partial charge in [0.15, 0.2) is 0 Å². The van der Waals surface area contributed by atoms with E-state index in [0.717, 1.165) is 26.2 Å². The quantitative estimate of drug-likeness (QED) is 0.707. The molecule has 0 saturated carbocycles. The summed E-state index contributed by atoms with van der Waals surface area (Å²) in [7, 11) is 0. The van der Waals surface area contributed by atoms with Gasteiger partial charge in [-0.3, -0.25) is 0 Å². The molecular formula is C10H22N2O. The number of nitrogens with two attached hydrogens (primary N) is 1. The Balaban J connectivity index is 2.05. The molecule has 3 heteroatoms. The van der Waals surface area contributed by atoms with Crippen LogP contribution in [-0.2, 0) is 4.74 Å². The Morgan fingerprint density at radius 2 is 2.23 bits per heavy atom. The van der Waals surface area contributed by atoms with Gasteiger partial charge in [0, 0.05) is 25.7 Å². The second-order valence-corrected chi connectivity index (χ2v) is 3.93. The van der Waals surface area contributed by atoms with Gasteiger partial charge in [-0.1, -0.05) is 0 Å². The van der Waals surface area contributed by atoms with Gasteiger partial charge in [-0.05, 0) is 32.7 Å². The summed E-state index contributed by atoms with van der Waals surface area (Å²) >= 11 is 0. The predicted octanol–water partition coefficient (Wildman–Crippen LogP) is 0.836. The third-order valence-corrected chi connectivity index (χ3v) is 2.45. The van der Waals surface area contributed by atoms with E-state index in [0.29, 0.717) is 6.04 Å². The van der Waals surface area contributed by atoms with Crippen LogP contribution < -0.4 is 5.73 Å². The summed E-state index contributed by atoms with van der Waals surface area (Å²) in [6, 6.07) is 0.350. The highest BCUT2D eigenvalue weighted by atomic mass is 16.5. The molecule has 13 heavy (non-hydrogen) atoms. The van der Waals surface area contributed by atoms with Gasteiger partial charge in [0.25, 0.3) is 0 Å². The lowest BCUT2D eigenvalue weighted by Gasteiger charge is -2.19. The van der Waals surface area contributed by atoms with Crippen LogP contribution in [0.15, 0.2) is 0 Å². The van der Waals surface area contributed by atoms with E-state index in [4.69, 9.17) is 10.5 Å². The van der Waals surface area contributed by atoms with Crippen LogP contribution in [0.2, 0.25) is 0 Å². The molecule has 1 aliphatic rings. The summed E-state index contributed by atoms with van der Waals surface area (Å²) in [6.45, 7) is 7.39. The molecule has 78 valence electrons. The van der Waals surface area contributed by atoms with E-state index in [-0.39, 0.29) is 0 Å². The van der Waals surface area contributed by atoms with Crippen molar-refractivity contribution in [3.8, 4) is 0 Å². The van der Waals surface area contributed by atoms with Gasteiger partial charge in [-0.25, -0.2) is 0 Å². The lowest BCUT2D eigenvalue weighted by atomic mass is 10.2. The molecule has 1 aliphatic heterocycles. The first kappa shape index (κ1) is 11.0. The number of nitrogens with zero attached hydrogens (tertiary/aromatic N) is 1. The van der Waals surface area contributed by atoms with Crippen LogP contribution in [0.5, 0.6) is 0 Å². The Kier molecular flexibility index (Phi) is 5.35. The van der Waals surface area contributed by atoms with Crippen molar-refractivity contribution < 1.29 is 4.74 Å². The number of hydrogen-bond donors (Lipinski definition) is 1. The minimum atomic E-state index is 0.350. The smallest absolute Gasteiger partial charge is 0.0593 e. The third kappa shape index (κ3) is 5.24. The summed E-state index contributed by atoms with van der Waals surface area (Å²) < 4.78 is 5.39. The van der Waals surface area contributed by atoms with Gasteiger partial charge in [0.2, 0.25) is 0 Å². The molecule has 0 radical (unpaired) electrons. The van der Waals surface area contributed by atoms with E-state index in [1.807, 2.05) is 0 Å². The maximum Gasteiger partial charge on any atom is 0.0593 e. The van der Waals surface area contributed by atoms with Crippen LogP contribution in [0.25, 0.3) is 0 Å². The molecular weight excluding hydrogens is 164 g/mol. The van der Waals surface area contributed by atoms with E-state index in [2.05, 4.69) is 11.8 Å². The van der Waals surface area contributed by atoms with Gasteiger partial charge in [0.05, 0.1) is 6.61 Å². The molecule has 1 heterocycles. The Labute approximate surface area is 81.2 Å². The lowest BCUT2D eigenvalue weighted by Crippen LogP contribution is -2.28. The van der Waals surface area contributed by atoms with Gasteiger partial charge >= 0.3 is 0 Å². The first-order valence-corrected chi connectivity index (χ1v) is 5.34. The largest absolute Gasteiger partial charge is 0.380 e. The van der Waals surface area contributed by atoms with Crippen LogP contribution in [-0.4, -0.2) is 43.8 Å². The monoisotopic (exact) mass is 186 g/mol. The zero-order valence-electron chi connectivity index (χ0n) is 8.67. The Hall–Kier alpha value is -0.120. The van der Waals surface area contributed by atoms with Crippen LogP contribution in [0, 0.1) is 0 Å². The molecule has 1 fully saturated rings. The Bertz CT molecular complexity index is 120. The average molecular weight is 186 g/mol. The summed E-state index contributed by atoms with van der Waals surface area (Å²) in [5, 5.41) is 0. The van der Waals surface area contributed by atoms with Crippen molar-refractivity contribution >= 4 is 0 Å². The van der Waals surface area contributed by atoms with Crippen LogP contribution >= 0.6 is 0 Å². The van der Waals surface area contributed by atoms with Crippen molar-refractivity contribution in [2.24, 2.45) is 5.73 Å². The summed E-state index contributed by atoms with van der Waals surface area (Å²) in [6.07, 6.45) is 3.53. The second kappa shape index (κ2) is 6.35.